The molecule has 6 nitrogen and oxygen atoms in total. The molecule has 3 amide bonds. The normalized spacial score (nSPS) is 13.2. The molecule has 110 valence electrons. The van der Waals surface area contributed by atoms with Crippen molar-refractivity contribution in [3.63, 3.8) is 0 Å². The van der Waals surface area contributed by atoms with Crippen molar-refractivity contribution in [3.05, 3.63) is 29.8 Å². The summed E-state index contributed by atoms with van der Waals surface area (Å²) in [6, 6.07) is 6.22. The minimum absolute atomic E-state index is 0.440. The van der Waals surface area contributed by atoms with Gasteiger partial charge in [-0.15, -0.1) is 0 Å². The Morgan fingerprint density at radius 2 is 1.85 bits per heavy atom. The Bertz CT molecular complexity index is 457. The number of urea groups is 1. The summed E-state index contributed by atoms with van der Waals surface area (Å²) in [7, 11) is 0. The van der Waals surface area contributed by atoms with Crippen LogP contribution in [0.15, 0.2) is 24.3 Å². The fourth-order valence-corrected chi connectivity index (χ4v) is 1.50. The number of carbonyl (C=O) groups is 2. The summed E-state index contributed by atoms with van der Waals surface area (Å²) < 4.78 is 5.42. The quantitative estimate of drug-likeness (QED) is 0.759. The summed E-state index contributed by atoms with van der Waals surface area (Å²) in [5, 5.41) is 14.0. The van der Waals surface area contributed by atoms with Crippen LogP contribution >= 0.6 is 0 Å². The summed E-state index contributed by atoms with van der Waals surface area (Å²) >= 11 is 0. The molecule has 0 aliphatic rings. The molecule has 6 heteroatoms. The SMILES string of the molecule is CCNC(=O)NC(=O)C(C)Oc1ccc(C(C)O)cc1. The van der Waals surface area contributed by atoms with Crippen molar-refractivity contribution in [3.8, 4) is 5.75 Å². The molecule has 0 bridgehead atoms. The van der Waals surface area contributed by atoms with Crippen molar-refractivity contribution in [2.45, 2.75) is 33.0 Å². The maximum atomic E-state index is 11.7. The summed E-state index contributed by atoms with van der Waals surface area (Å²) in [5.41, 5.74) is 0.761. The van der Waals surface area contributed by atoms with Crippen molar-refractivity contribution in [2.75, 3.05) is 6.54 Å². The monoisotopic (exact) mass is 280 g/mol. The zero-order valence-electron chi connectivity index (χ0n) is 11.8. The van der Waals surface area contributed by atoms with E-state index in [4.69, 9.17) is 4.74 Å². The van der Waals surface area contributed by atoms with E-state index < -0.39 is 24.1 Å². The molecule has 2 unspecified atom stereocenters. The molecular formula is C14H20N2O4. The van der Waals surface area contributed by atoms with E-state index in [1.165, 1.54) is 0 Å². The number of carbonyl (C=O) groups excluding carboxylic acids is 2. The number of aliphatic hydroxyl groups excluding tert-OH is 1. The van der Waals surface area contributed by atoms with Gasteiger partial charge >= 0.3 is 6.03 Å². The highest BCUT2D eigenvalue weighted by molar-refractivity contribution is 5.96. The van der Waals surface area contributed by atoms with Gasteiger partial charge in [0.15, 0.2) is 6.10 Å². The second-order valence-corrected chi connectivity index (χ2v) is 4.35. The molecule has 1 aromatic carbocycles. The van der Waals surface area contributed by atoms with Crippen LogP contribution in [0, 0.1) is 0 Å². The highest BCUT2D eigenvalue weighted by atomic mass is 16.5. The number of ether oxygens (including phenoxy) is 1. The van der Waals surface area contributed by atoms with Gasteiger partial charge in [0.1, 0.15) is 5.75 Å². The van der Waals surface area contributed by atoms with Crippen molar-refractivity contribution in [2.24, 2.45) is 0 Å². The summed E-state index contributed by atoms with van der Waals surface area (Å²) in [6.45, 7) is 5.41. The predicted octanol–water partition coefficient (Wildman–Crippen LogP) is 1.35. The zero-order valence-corrected chi connectivity index (χ0v) is 11.8. The van der Waals surface area contributed by atoms with Crippen molar-refractivity contribution >= 4 is 11.9 Å². The maximum Gasteiger partial charge on any atom is 0.321 e. The van der Waals surface area contributed by atoms with E-state index in [-0.39, 0.29) is 0 Å². The summed E-state index contributed by atoms with van der Waals surface area (Å²) in [5.74, 6) is -0.0245. The van der Waals surface area contributed by atoms with E-state index in [9.17, 15) is 14.7 Å². The van der Waals surface area contributed by atoms with E-state index >= 15 is 0 Å². The van der Waals surface area contributed by atoms with Crippen LogP contribution in [0.2, 0.25) is 0 Å². The van der Waals surface area contributed by atoms with Gasteiger partial charge in [-0.3, -0.25) is 10.1 Å². The average molecular weight is 280 g/mol. The van der Waals surface area contributed by atoms with Gasteiger partial charge < -0.3 is 15.2 Å². The molecule has 3 N–H and O–H groups in total. The number of imide groups is 1. The van der Waals surface area contributed by atoms with Gasteiger partial charge in [-0.05, 0) is 38.5 Å². The number of hydrogen-bond acceptors (Lipinski definition) is 4. The van der Waals surface area contributed by atoms with E-state index in [0.29, 0.717) is 12.3 Å². The van der Waals surface area contributed by atoms with E-state index in [1.54, 1.807) is 45.0 Å². The first kappa shape index (κ1) is 16.0. The smallest absolute Gasteiger partial charge is 0.321 e. The zero-order chi connectivity index (χ0) is 15.1. The van der Waals surface area contributed by atoms with Crippen LogP contribution in [-0.4, -0.2) is 29.7 Å². The van der Waals surface area contributed by atoms with Crippen molar-refractivity contribution in [1.82, 2.24) is 10.6 Å². The molecule has 1 rings (SSSR count). The third-order valence-electron chi connectivity index (χ3n) is 2.62. The molecule has 0 heterocycles. The fraction of sp³-hybridized carbons (Fsp3) is 0.429. The Morgan fingerprint density at radius 1 is 1.25 bits per heavy atom. The van der Waals surface area contributed by atoms with Crippen molar-refractivity contribution < 1.29 is 19.4 Å². The van der Waals surface area contributed by atoms with Crippen LogP contribution in [0.1, 0.15) is 32.4 Å². The third-order valence-corrected chi connectivity index (χ3v) is 2.62. The van der Waals surface area contributed by atoms with Crippen LogP contribution in [-0.2, 0) is 4.79 Å². The molecule has 0 aliphatic carbocycles. The molecule has 0 saturated heterocycles. The van der Waals surface area contributed by atoms with E-state index in [0.717, 1.165) is 5.56 Å². The molecule has 1 aromatic rings. The second kappa shape index (κ2) is 7.49. The Kier molecular flexibility index (Phi) is 5.99. The lowest BCUT2D eigenvalue weighted by atomic mass is 10.1. The highest BCUT2D eigenvalue weighted by Crippen LogP contribution is 2.18. The molecular weight excluding hydrogens is 260 g/mol. The minimum Gasteiger partial charge on any atom is -0.481 e. The Balaban J connectivity index is 2.54. The fourth-order valence-electron chi connectivity index (χ4n) is 1.50. The van der Waals surface area contributed by atoms with Gasteiger partial charge in [0, 0.05) is 6.54 Å². The van der Waals surface area contributed by atoms with Crippen LogP contribution in [0.4, 0.5) is 4.79 Å². The third kappa shape index (κ3) is 4.89. The number of benzene rings is 1. The highest BCUT2D eigenvalue weighted by Gasteiger charge is 2.17. The molecule has 20 heavy (non-hydrogen) atoms. The Hall–Kier alpha value is -2.08. The Morgan fingerprint density at radius 3 is 2.35 bits per heavy atom. The molecule has 0 radical (unpaired) electrons. The summed E-state index contributed by atoms with van der Waals surface area (Å²) in [4.78, 5) is 22.9. The standard InChI is InChI=1S/C14H20N2O4/c1-4-15-14(19)16-13(18)10(3)20-12-7-5-11(6-8-12)9(2)17/h5-10,17H,4H2,1-3H3,(H2,15,16,18,19). The molecule has 0 spiro atoms. The Labute approximate surface area is 118 Å². The maximum absolute atomic E-state index is 11.7. The lowest BCUT2D eigenvalue weighted by Gasteiger charge is -2.15. The molecule has 0 fully saturated rings. The van der Waals surface area contributed by atoms with Crippen molar-refractivity contribution in [1.29, 1.82) is 0 Å². The van der Waals surface area contributed by atoms with Gasteiger partial charge in [-0.25, -0.2) is 4.79 Å². The molecule has 2 atom stereocenters. The first-order valence-electron chi connectivity index (χ1n) is 6.47. The molecule has 0 saturated carbocycles. The minimum atomic E-state index is -0.796. The number of rotatable bonds is 5. The van der Waals surface area contributed by atoms with Crippen LogP contribution in [0.3, 0.4) is 0 Å². The van der Waals surface area contributed by atoms with Gasteiger partial charge in [-0.1, -0.05) is 12.1 Å². The average Bonchev–Trinajstić information content (AvgIpc) is 2.39. The molecule has 0 aliphatic heterocycles. The van der Waals surface area contributed by atoms with Crippen LogP contribution in [0.5, 0.6) is 5.75 Å². The number of aliphatic hydroxyl groups is 1. The topological polar surface area (TPSA) is 87.7 Å². The molecule has 0 aromatic heterocycles. The largest absolute Gasteiger partial charge is 0.481 e. The second-order valence-electron chi connectivity index (χ2n) is 4.35. The number of amides is 3. The van der Waals surface area contributed by atoms with Gasteiger partial charge in [0.25, 0.3) is 5.91 Å². The number of hydrogen-bond donors (Lipinski definition) is 3. The van der Waals surface area contributed by atoms with Crippen LogP contribution in [0.25, 0.3) is 0 Å². The lowest BCUT2D eigenvalue weighted by molar-refractivity contribution is -0.126. The predicted molar refractivity (Wildman–Crippen MR) is 74.4 cm³/mol. The van der Waals surface area contributed by atoms with E-state index in [1.807, 2.05) is 0 Å². The number of nitrogens with one attached hydrogen (secondary N) is 2. The van der Waals surface area contributed by atoms with Crippen LogP contribution < -0.4 is 15.4 Å². The lowest BCUT2D eigenvalue weighted by Crippen LogP contribution is -2.45. The first-order chi connectivity index (χ1) is 9.43. The summed E-state index contributed by atoms with van der Waals surface area (Å²) in [6.07, 6.45) is -1.35. The van der Waals surface area contributed by atoms with E-state index in [2.05, 4.69) is 10.6 Å². The van der Waals surface area contributed by atoms with Gasteiger partial charge in [0.2, 0.25) is 0 Å². The van der Waals surface area contributed by atoms with Gasteiger partial charge in [-0.2, -0.15) is 0 Å². The van der Waals surface area contributed by atoms with Gasteiger partial charge in [0.05, 0.1) is 6.10 Å². The first-order valence-corrected chi connectivity index (χ1v) is 6.47.